The van der Waals surface area contributed by atoms with Gasteiger partial charge in [0.25, 0.3) is 0 Å². The Kier molecular flexibility index (Phi) is 6.85. The second kappa shape index (κ2) is 10.3. The standard InChI is InChI=1S/C26H29N5O2S/c1-2-33-20-14-12-19(13-15-20)31-25(22-16-27-23-11-7-6-10-21(22)23)29-30-26(31)34-17-24(32)28-18-8-4-3-5-9-18/h6-7,10-16,18,27H,2-5,8-9,17H2,1H3,(H,28,32). The smallest absolute Gasteiger partial charge is 0.230 e. The van der Waals surface area contributed by atoms with Crippen molar-refractivity contribution in [3.63, 3.8) is 0 Å². The number of thioether (sulfide) groups is 1. The lowest BCUT2D eigenvalue weighted by atomic mass is 9.95. The molecule has 0 radical (unpaired) electrons. The fourth-order valence-electron chi connectivity index (χ4n) is 4.53. The van der Waals surface area contributed by atoms with Crippen LogP contribution in [-0.2, 0) is 4.79 Å². The van der Waals surface area contributed by atoms with Gasteiger partial charge in [-0.1, -0.05) is 49.2 Å². The fourth-order valence-corrected chi connectivity index (χ4v) is 5.29. The Morgan fingerprint density at radius 2 is 1.91 bits per heavy atom. The Balaban J connectivity index is 1.44. The molecule has 1 fully saturated rings. The number of nitrogens with one attached hydrogen (secondary N) is 2. The number of benzene rings is 2. The maximum atomic E-state index is 12.6. The number of para-hydroxylation sites is 1. The number of fused-ring (bicyclic) bond motifs is 1. The molecular formula is C26H29N5O2S. The van der Waals surface area contributed by atoms with Crippen LogP contribution in [0.25, 0.3) is 28.0 Å². The van der Waals surface area contributed by atoms with Gasteiger partial charge in [0.2, 0.25) is 5.91 Å². The van der Waals surface area contributed by atoms with Crippen molar-refractivity contribution in [2.45, 2.75) is 50.2 Å². The third kappa shape index (κ3) is 4.82. The van der Waals surface area contributed by atoms with Gasteiger partial charge in [0.15, 0.2) is 11.0 Å². The summed E-state index contributed by atoms with van der Waals surface area (Å²) < 4.78 is 7.63. The number of rotatable bonds is 8. The first-order valence-corrected chi connectivity index (χ1v) is 12.9. The van der Waals surface area contributed by atoms with Crippen molar-refractivity contribution < 1.29 is 9.53 Å². The highest BCUT2D eigenvalue weighted by molar-refractivity contribution is 7.99. The summed E-state index contributed by atoms with van der Waals surface area (Å²) in [6, 6.07) is 16.3. The van der Waals surface area contributed by atoms with Crippen molar-refractivity contribution in [3.8, 4) is 22.8 Å². The van der Waals surface area contributed by atoms with Crippen molar-refractivity contribution in [3.05, 3.63) is 54.7 Å². The number of aromatic nitrogens is 4. The maximum Gasteiger partial charge on any atom is 0.230 e. The zero-order valence-electron chi connectivity index (χ0n) is 19.3. The largest absolute Gasteiger partial charge is 0.494 e. The molecule has 1 amide bonds. The van der Waals surface area contributed by atoms with Crippen LogP contribution < -0.4 is 10.1 Å². The fraction of sp³-hybridized carbons (Fsp3) is 0.346. The number of carbonyl (C=O) groups excluding carboxylic acids is 1. The van der Waals surface area contributed by atoms with E-state index in [0.717, 1.165) is 46.6 Å². The van der Waals surface area contributed by atoms with Gasteiger partial charge in [-0.2, -0.15) is 0 Å². The number of amides is 1. The summed E-state index contributed by atoms with van der Waals surface area (Å²) in [6.07, 6.45) is 7.76. The van der Waals surface area contributed by atoms with Crippen LogP contribution in [0.1, 0.15) is 39.0 Å². The van der Waals surface area contributed by atoms with Crippen molar-refractivity contribution in [1.82, 2.24) is 25.1 Å². The summed E-state index contributed by atoms with van der Waals surface area (Å²) in [5, 5.41) is 14.0. The van der Waals surface area contributed by atoms with E-state index in [1.807, 2.05) is 60.2 Å². The molecule has 34 heavy (non-hydrogen) atoms. The Morgan fingerprint density at radius 1 is 1.12 bits per heavy atom. The molecular weight excluding hydrogens is 446 g/mol. The van der Waals surface area contributed by atoms with Gasteiger partial charge in [0, 0.05) is 34.4 Å². The lowest BCUT2D eigenvalue weighted by Gasteiger charge is -2.22. The first-order valence-electron chi connectivity index (χ1n) is 11.9. The molecule has 4 aromatic rings. The van der Waals surface area contributed by atoms with Gasteiger partial charge in [0.1, 0.15) is 5.75 Å². The summed E-state index contributed by atoms with van der Waals surface area (Å²) in [7, 11) is 0. The van der Waals surface area contributed by atoms with E-state index in [9.17, 15) is 4.79 Å². The molecule has 8 heteroatoms. The van der Waals surface area contributed by atoms with E-state index in [0.29, 0.717) is 23.6 Å². The number of hydrogen-bond acceptors (Lipinski definition) is 5. The van der Waals surface area contributed by atoms with E-state index < -0.39 is 0 Å². The molecule has 1 saturated carbocycles. The number of nitrogens with zero attached hydrogens (tertiary/aromatic N) is 3. The van der Waals surface area contributed by atoms with Crippen molar-refractivity contribution in [2.24, 2.45) is 0 Å². The molecule has 2 aromatic heterocycles. The lowest BCUT2D eigenvalue weighted by molar-refractivity contribution is -0.119. The molecule has 1 aliphatic carbocycles. The van der Waals surface area contributed by atoms with Crippen LogP contribution in [0.4, 0.5) is 0 Å². The Bertz CT molecular complexity index is 1260. The van der Waals surface area contributed by atoms with Gasteiger partial charge in [-0.3, -0.25) is 9.36 Å². The van der Waals surface area contributed by atoms with E-state index in [1.165, 1.54) is 31.0 Å². The minimum Gasteiger partial charge on any atom is -0.494 e. The number of carbonyl (C=O) groups is 1. The van der Waals surface area contributed by atoms with Crippen LogP contribution in [0.3, 0.4) is 0 Å². The molecule has 5 rings (SSSR count). The quantitative estimate of drug-likeness (QED) is 0.335. The average Bonchev–Trinajstić information content (AvgIpc) is 3.48. The molecule has 0 spiro atoms. The Hall–Kier alpha value is -3.26. The molecule has 7 nitrogen and oxygen atoms in total. The predicted molar refractivity (Wildman–Crippen MR) is 136 cm³/mol. The van der Waals surface area contributed by atoms with Gasteiger partial charge in [-0.25, -0.2) is 0 Å². The molecule has 0 unspecified atom stereocenters. The summed E-state index contributed by atoms with van der Waals surface area (Å²) in [4.78, 5) is 16.0. The molecule has 0 atom stereocenters. The maximum absolute atomic E-state index is 12.6. The van der Waals surface area contributed by atoms with Crippen molar-refractivity contribution in [2.75, 3.05) is 12.4 Å². The van der Waals surface area contributed by atoms with E-state index in [4.69, 9.17) is 4.74 Å². The molecule has 0 saturated heterocycles. The highest BCUT2D eigenvalue weighted by Gasteiger charge is 2.21. The lowest BCUT2D eigenvalue weighted by Crippen LogP contribution is -2.37. The second-order valence-corrected chi connectivity index (χ2v) is 9.45. The summed E-state index contributed by atoms with van der Waals surface area (Å²) in [5.41, 5.74) is 2.93. The minimum absolute atomic E-state index is 0.0480. The van der Waals surface area contributed by atoms with E-state index in [1.54, 1.807) is 0 Å². The predicted octanol–water partition coefficient (Wildman–Crippen LogP) is 5.36. The van der Waals surface area contributed by atoms with Gasteiger partial charge < -0.3 is 15.0 Å². The summed E-state index contributed by atoms with van der Waals surface area (Å²) in [6.45, 7) is 2.58. The number of ether oxygens (including phenoxy) is 1. The first-order chi connectivity index (χ1) is 16.7. The molecule has 0 bridgehead atoms. The van der Waals surface area contributed by atoms with Crippen molar-refractivity contribution >= 4 is 28.6 Å². The zero-order valence-corrected chi connectivity index (χ0v) is 20.1. The normalized spacial score (nSPS) is 14.4. The molecule has 176 valence electrons. The third-order valence-electron chi connectivity index (χ3n) is 6.17. The second-order valence-electron chi connectivity index (χ2n) is 8.51. The molecule has 2 N–H and O–H groups in total. The van der Waals surface area contributed by atoms with Crippen LogP contribution in [0.5, 0.6) is 5.75 Å². The van der Waals surface area contributed by atoms with E-state index in [2.05, 4.69) is 26.6 Å². The number of hydrogen-bond donors (Lipinski definition) is 2. The highest BCUT2D eigenvalue weighted by atomic mass is 32.2. The van der Waals surface area contributed by atoms with Crippen LogP contribution in [-0.4, -0.2) is 44.1 Å². The van der Waals surface area contributed by atoms with E-state index in [-0.39, 0.29) is 5.91 Å². The number of H-pyrrole nitrogens is 1. The topological polar surface area (TPSA) is 84.8 Å². The van der Waals surface area contributed by atoms with Gasteiger partial charge in [-0.05, 0) is 50.1 Å². The SMILES string of the molecule is CCOc1ccc(-n2c(SCC(=O)NC3CCCCC3)nnc2-c2c[nH]c3ccccc23)cc1. The average molecular weight is 476 g/mol. The highest BCUT2D eigenvalue weighted by Crippen LogP contribution is 2.33. The first kappa shape index (κ1) is 22.5. The molecule has 2 aromatic carbocycles. The molecule has 0 aliphatic heterocycles. The minimum atomic E-state index is 0.0480. The summed E-state index contributed by atoms with van der Waals surface area (Å²) in [5.74, 6) is 1.90. The van der Waals surface area contributed by atoms with E-state index >= 15 is 0 Å². The monoisotopic (exact) mass is 475 g/mol. The van der Waals surface area contributed by atoms with Gasteiger partial charge in [0.05, 0.1) is 12.4 Å². The molecule has 2 heterocycles. The van der Waals surface area contributed by atoms with Crippen LogP contribution in [0, 0.1) is 0 Å². The van der Waals surface area contributed by atoms with Gasteiger partial charge in [-0.15, -0.1) is 10.2 Å². The van der Waals surface area contributed by atoms with Crippen LogP contribution in [0.2, 0.25) is 0 Å². The zero-order chi connectivity index (χ0) is 23.3. The van der Waals surface area contributed by atoms with Crippen molar-refractivity contribution in [1.29, 1.82) is 0 Å². The van der Waals surface area contributed by atoms with Crippen LogP contribution >= 0.6 is 11.8 Å². The Labute approximate surface area is 203 Å². The Morgan fingerprint density at radius 3 is 2.71 bits per heavy atom. The summed E-state index contributed by atoms with van der Waals surface area (Å²) >= 11 is 1.41. The van der Waals surface area contributed by atoms with Gasteiger partial charge >= 0.3 is 0 Å². The number of aromatic amines is 1. The molecule has 1 aliphatic rings. The van der Waals surface area contributed by atoms with Crippen LogP contribution in [0.15, 0.2) is 59.9 Å². The third-order valence-corrected chi connectivity index (χ3v) is 7.10.